The van der Waals surface area contributed by atoms with Crippen LogP contribution in [0.5, 0.6) is 0 Å². The van der Waals surface area contributed by atoms with E-state index in [0.29, 0.717) is 5.92 Å². The Hall–Kier alpha value is 0.766. The normalized spacial score (nSPS) is 11.2. The third-order valence-corrected chi connectivity index (χ3v) is 2.83. The molecule has 5 heteroatoms. The van der Waals surface area contributed by atoms with Gasteiger partial charge in [-0.05, 0) is 30.0 Å². The number of hydrogen-bond acceptors (Lipinski definition) is 2. The van der Waals surface area contributed by atoms with Crippen LogP contribution in [0.3, 0.4) is 0 Å². The Morgan fingerprint density at radius 2 is 1.67 bits per heavy atom. The van der Waals surface area contributed by atoms with Crippen LogP contribution in [0.2, 0.25) is 0 Å². The molecule has 0 amide bonds. The molecule has 0 fully saturated rings. The summed E-state index contributed by atoms with van der Waals surface area (Å²) in [6, 6.07) is 6.71. The molecule has 0 atom stereocenters. The summed E-state index contributed by atoms with van der Waals surface area (Å²) in [7, 11) is -3.55. The van der Waals surface area contributed by atoms with Gasteiger partial charge in [-0.2, -0.15) is 0 Å². The predicted molar refractivity (Wildman–Crippen MR) is 62.1 cm³/mol. The maximum Gasteiger partial charge on any atom is 0.238 e. The molecule has 1 rings (SSSR count). The van der Waals surface area contributed by atoms with Crippen molar-refractivity contribution in [3.05, 3.63) is 29.8 Å². The van der Waals surface area contributed by atoms with Gasteiger partial charge in [0.25, 0.3) is 0 Å². The van der Waals surface area contributed by atoms with Crippen molar-refractivity contribution in [2.45, 2.75) is 25.2 Å². The van der Waals surface area contributed by atoms with Gasteiger partial charge in [0.1, 0.15) is 0 Å². The van der Waals surface area contributed by atoms with Gasteiger partial charge in [0, 0.05) is 51.4 Å². The predicted octanol–water partition coefficient (Wildman–Crippen LogP) is 1.15. The summed E-state index contributed by atoms with van der Waals surface area (Å²) in [5, 5.41) is 4.98. The van der Waals surface area contributed by atoms with Crippen LogP contribution in [0.4, 0.5) is 0 Å². The molecule has 0 aliphatic heterocycles. The summed E-state index contributed by atoms with van der Waals surface area (Å²) in [4.78, 5) is 0.171. The molecule has 79 valence electrons. The second-order valence-electron chi connectivity index (χ2n) is 3.79. The molecule has 0 aromatic heterocycles. The Kier molecular flexibility index (Phi) is 6.82. The van der Waals surface area contributed by atoms with Gasteiger partial charge in [-0.15, -0.1) is 0 Å². The van der Waals surface area contributed by atoms with Crippen LogP contribution in [0.15, 0.2) is 29.2 Å². The average molecular weight is 252 g/mol. The van der Waals surface area contributed by atoms with Crippen LogP contribution in [0.1, 0.15) is 19.4 Å². The molecule has 0 bridgehead atoms. The Morgan fingerprint density at radius 1 is 1.20 bits per heavy atom. The number of hydrogen-bond donors (Lipinski definition) is 1. The van der Waals surface area contributed by atoms with E-state index >= 15 is 0 Å². The second kappa shape index (κ2) is 6.49. The largest absolute Gasteiger partial charge is 0.238 e. The van der Waals surface area contributed by atoms with Gasteiger partial charge in [-0.25, -0.2) is 13.6 Å². The van der Waals surface area contributed by atoms with Crippen molar-refractivity contribution >= 4 is 61.4 Å². The van der Waals surface area contributed by atoms with E-state index in [2.05, 4.69) is 13.8 Å². The summed E-state index contributed by atoms with van der Waals surface area (Å²) in [6.45, 7) is 4.24. The van der Waals surface area contributed by atoms with Crippen molar-refractivity contribution in [2.24, 2.45) is 11.1 Å². The van der Waals surface area contributed by atoms with Gasteiger partial charge >= 0.3 is 0 Å². The maximum absolute atomic E-state index is 10.9. The molecule has 0 spiro atoms. The molecule has 0 heterocycles. The first-order chi connectivity index (χ1) is 6.39. The minimum absolute atomic E-state index is 0. The summed E-state index contributed by atoms with van der Waals surface area (Å²) in [5.41, 5.74) is 1.13. The first-order valence-corrected chi connectivity index (χ1v) is 6.06. The molecule has 1 aromatic carbocycles. The van der Waals surface area contributed by atoms with Crippen LogP contribution in [0.25, 0.3) is 0 Å². The molecule has 1 aromatic rings. The average Bonchev–Trinajstić information content (AvgIpc) is 2.02. The van der Waals surface area contributed by atoms with Crippen molar-refractivity contribution in [1.82, 2.24) is 0 Å². The fraction of sp³-hybridized carbons (Fsp3) is 0.400. The van der Waals surface area contributed by atoms with Gasteiger partial charge in [-0.1, -0.05) is 26.0 Å². The zero-order valence-corrected chi connectivity index (χ0v) is 13.3. The van der Waals surface area contributed by atoms with Gasteiger partial charge in [0.2, 0.25) is 10.0 Å². The van der Waals surface area contributed by atoms with Crippen molar-refractivity contribution in [3.8, 4) is 0 Å². The number of primary sulfonamides is 1. The van der Waals surface area contributed by atoms with Crippen LogP contribution < -0.4 is 5.14 Å². The Morgan fingerprint density at radius 3 is 2.00 bits per heavy atom. The number of benzene rings is 1. The van der Waals surface area contributed by atoms with Crippen LogP contribution in [-0.2, 0) is 16.4 Å². The first-order valence-electron chi connectivity index (χ1n) is 4.51. The topological polar surface area (TPSA) is 60.2 Å². The monoisotopic (exact) mass is 252 g/mol. The second-order valence-corrected chi connectivity index (χ2v) is 5.35. The standard InChI is InChI=1S/C10H15NO2S.K/c1-8(2)7-9-3-5-10(6-4-9)14(11,12)13;/h3-6,8H,7H2,1-2H3,(H2,11,12,13);. The number of nitrogens with two attached hydrogens (primary N) is 1. The minimum atomic E-state index is -3.55. The maximum atomic E-state index is 10.9. The van der Waals surface area contributed by atoms with Crippen molar-refractivity contribution in [3.63, 3.8) is 0 Å². The third kappa shape index (κ3) is 5.58. The first kappa shape index (κ1) is 15.8. The van der Waals surface area contributed by atoms with E-state index in [0.717, 1.165) is 12.0 Å². The molecule has 0 aliphatic carbocycles. The molecule has 15 heavy (non-hydrogen) atoms. The van der Waals surface area contributed by atoms with E-state index in [1.807, 2.05) is 0 Å². The van der Waals surface area contributed by atoms with Crippen LogP contribution >= 0.6 is 0 Å². The Balaban J connectivity index is 0.00000196. The number of sulfonamides is 1. The van der Waals surface area contributed by atoms with E-state index in [9.17, 15) is 8.42 Å². The Labute approximate surface area is 134 Å². The molecular formula is C10H15KNO2S. The summed E-state index contributed by atoms with van der Waals surface area (Å²) in [6.07, 6.45) is 0.949. The summed E-state index contributed by atoms with van der Waals surface area (Å²) < 4.78 is 21.9. The van der Waals surface area contributed by atoms with Crippen LogP contribution in [0, 0.1) is 5.92 Å². The quantitative estimate of drug-likeness (QED) is 0.820. The van der Waals surface area contributed by atoms with Crippen molar-refractivity contribution in [2.75, 3.05) is 0 Å². The van der Waals surface area contributed by atoms with E-state index in [1.165, 1.54) is 0 Å². The fourth-order valence-corrected chi connectivity index (χ4v) is 1.80. The van der Waals surface area contributed by atoms with Crippen LogP contribution in [-0.4, -0.2) is 59.8 Å². The molecule has 0 saturated carbocycles. The fourth-order valence-electron chi connectivity index (χ4n) is 1.29. The molecule has 3 nitrogen and oxygen atoms in total. The molecule has 1 radical (unpaired) electrons. The van der Waals surface area contributed by atoms with E-state index in [-0.39, 0.29) is 56.3 Å². The Bertz CT molecular complexity index is 398. The summed E-state index contributed by atoms with van der Waals surface area (Å²) in [5.74, 6) is 0.565. The van der Waals surface area contributed by atoms with Gasteiger partial charge in [0.05, 0.1) is 4.90 Å². The molecule has 2 N–H and O–H groups in total. The zero-order valence-electron chi connectivity index (χ0n) is 9.40. The SMILES string of the molecule is CC(C)Cc1ccc(S(N)(=O)=O)cc1.[K]. The number of rotatable bonds is 3. The smallest absolute Gasteiger partial charge is 0.225 e. The van der Waals surface area contributed by atoms with Crippen molar-refractivity contribution < 1.29 is 8.42 Å². The molecule has 0 unspecified atom stereocenters. The zero-order chi connectivity index (χ0) is 10.8. The van der Waals surface area contributed by atoms with Gasteiger partial charge < -0.3 is 0 Å². The molecular weight excluding hydrogens is 237 g/mol. The van der Waals surface area contributed by atoms with Gasteiger partial charge in [-0.3, -0.25) is 0 Å². The van der Waals surface area contributed by atoms with Crippen molar-refractivity contribution in [1.29, 1.82) is 0 Å². The third-order valence-electron chi connectivity index (χ3n) is 1.90. The molecule has 0 saturated heterocycles. The summed E-state index contributed by atoms with van der Waals surface area (Å²) >= 11 is 0. The molecule has 0 aliphatic rings. The van der Waals surface area contributed by atoms with E-state index in [4.69, 9.17) is 5.14 Å². The van der Waals surface area contributed by atoms with Gasteiger partial charge in [0.15, 0.2) is 0 Å². The van der Waals surface area contributed by atoms with E-state index < -0.39 is 10.0 Å². The van der Waals surface area contributed by atoms with E-state index in [1.54, 1.807) is 24.3 Å². The minimum Gasteiger partial charge on any atom is -0.225 e.